The van der Waals surface area contributed by atoms with Crippen LogP contribution in [0.1, 0.15) is 56.9 Å². The van der Waals surface area contributed by atoms with Crippen LogP contribution in [0, 0.1) is 0 Å². The first-order valence-electron chi connectivity index (χ1n) is 9.46. The van der Waals surface area contributed by atoms with Crippen molar-refractivity contribution in [2.75, 3.05) is 13.7 Å². The lowest BCUT2D eigenvalue weighted by atomic mass is 10.1. The second kappa shape index (κ2) is 9.60. The molecule has 0 aromatic heterocycles. The predicted octanol–water partition coefficient (Wildman–Crippen LogP) is 5.38. The molecule has 1 atom stereocenters. The first-order chi connectivity index (χ1) is 11.1. The lowest BCUT2D eigenvalue weighted by molar-refractivity contribution is 0.197. The highest BCUT2D eigenvalue weighted by Gasteiger charge is 2.36. The smallest absolute Gasteiger partial charge is 0.202 e. The van der Waals surface area contributed by atoms with E-state index in [-0.39, 0.29) is 0 Å². The van der Waals surface area contributed by atoms with Crippen LogP contribution in [0.4, 0.5) is 0 Å². The van der Waals surface area contributed by atoms with Gasteiger partial charge in [0.1, 0.15) is 0 Å². The molecule has 0 spiro atoms. The van der Waals surface area contributed by atoms with Crippen molar-refractivity contribution in [1.82, 2.24) is 4.90 Å². The summed E-state index contributed by atoms with van der Waals surface area (Å²) in [5, 5.41) is 0. The van der Waals surface area contributed by atoms with Crippen molar-refractivity contribution in [3.05, 3.63) is 35.9 Å². The Morgan fingerprint density at radius 1 is 0.957 bits per heavy atom. The van der Waals surface area contributed by atoms with Gasteiger partial charge in [0.15, 0.2) is 0 Å². The van der Waals surface area contributed by atoms with Gasteiger partial charge in [-0.05, 0) is 38.0 Å². The number of hydrogen-bond acceptors (Lipinski definition) is 2. The average Bonchev–Trinajstić information content (AvgIpc) is 2.61. The van der Waals surface area contributed by atoms with Crippen molar-refractivity contribution in [1.29, 1.82) is 0 Å². The largest absolute Gasteiger partial charge is 0.419 e. The maximum absolute atomic E-state index is 6.04. The predicted molar refractivity (Wildman–Crippen MR) is 102 cm³/mol. The monoisotopic (exact) mass is 333 g/mol. The molecule has 2 rings (SSSR count). The second-order valence-electron chi connectivity index (χ2n) is 7.54. The minimum absolute atomic E-state index is 0.630. The van der Waals surface area contributed by atoms with Crippen molar-refractivity contribution in [3.8, 4) is 0 Å². The molecule has 130 valence electrons. The molecule has 1 aliphatic heterocycles. The van der Waals surface area contributed by atoms with Crippen LogP contribution in [0.3, 0.4) is 0 Å². The van der Waals surface area contributed by atoms with Crippen molar-refractivity contribution >= 4 is 8.32 Å². The molecule has 1 aliphatic rings. The Labute approximate surface area is 144 Å². The summed E-state index contributed by atoms with van der Waals surface area (Å²) in [6, 6.07) is 11.0. The fourth-order valence-corrected chi connectivity index (χ4v) is 6.08. The van der Waals surface area contributed by atoms with E-state index in [9.17, 15) is 0 Å². The molecule has 2 nitrogen and oxygen atoms in total. The highest BCUT2D eigenvalue weighted by molar-refractivity contribution is 6.72. The molecule has 1 heterocycles. The van der Waals surface area contributed by atoms with E-state index in [1.807, 2.05) is 7.11 Å². The molecule has 3 heteroatoms. The molecule has 1 fully saturated rings. The van der Waals surface area contributed by atoms with Crippen LogP contribution < -0.4 is 0 Å². The van der Waals surface area contributed by atoms with E-state index in [4.69, 9.17) is 4.43 Å². The molecule has 0 saturated carbocycles. The zero-order valence-electron chi connectivity index (χ0n) is 15.4. The fourth-order valence-electron chi connectivity index (χ4n) is 3.81. The summed E-state index contributed by atoms with van der Waals surface area (Å²) in [6.07, 6.45) is 11.0. The lowest BCUT2D eigenvalue weighted by Crippen LogP contribution is -2.54. The van der Waals surface area contributed by atoms with Crippen LogP contribution in [-0.2, 0) is 11.0 Å². The Hall–Kier alpha value is -0.643. The lowest BCUT2D eigenvalue weighted by Gasteiger charge is -2.40. The van der Waals surface area contributed by atoms with Crippen LogP contribution in [0.25, 0.3) is 0 Å². The number of benzene rings is 1. The van der Waals surface area contributed by atoms with Crippen LogP contribution in [0.5, 0.6) is 0 Å². The zero-order valence-corrected chi connectivity index (χ0v) is 16.4. The van der Waals surface area contributed by atoms with E-state index in [1.165, 1.54) is 63.5 Å². The van der Waals surface area contributed by atoms with E-state index in [1.54, 1.807) is 0 Å². The topological polar surface area (TPSA) is 12.5 Å². The summed E-state index contributed by atoms with van der Waals surface area (Å²) in [5.41, 5.74) is 2.07. The van der Waals surface area contributed by atoms with E-state index in [2.05, 4.69) is 48.3 Å². The highest BCUT2D eigenvalue weighted by Crippen LogP contribution is 2.25. The number of nitrogens with zero attached hydrogens (tertiary/aromatic N) is 1. The van der Waals surface area contributed by atoms with Gasteiger partial charge in [-0.1, -0.05) is 68.9 Å². The molecule has 0 bridgehead atoms. The molecule has 1 saturated heterocycles. The zero-order chi connectivity index (χ0) is 16.5. The van der Waals surface area contributed by atoms with Gasteiger partial charge in [-0.25, -0.2) is 0 Å². The van der Waals surface area contributed by atoms with Gasteiger partial charge < -0.3 is 4.43 Å². The van der Waals surface area contributed by atoms with Crippen LogP contribution >= 0.6 is 0 Å². The van der Waals surface area contributed by atoms with Crippen LogP contribution in [0.15, 0.2) is 30.3 Å². The Morgan fingerprint density at radius 2 is 1.57 bits per heavy atom. The maximum Gasteiger partial charge on any atom is 0.202 e. The summed E-state index contributed by atoms with van der Waals surface area (Å²) in [5.74, 6) is 0. The Balaban J connectivity index is 2.15. The van der Waals surface area contributed by atoms with E-state index in [0.29, 0.717) is 5.67 Å². The third kappa shape index (κ3) is 6.05. The van der Waals surface area contributed by atoms with Crippen LogP contribution in [-0.4, -0.2) is 32.5 Å². The van der Waals surface area contributed by atoms with E-state index >= 15 is 0 Å². The van der Waals surface area contributed by atoms with Gasteiger partial charge in [-0.15, -0.1) is 0 Å². The minimum atomic E-state index is -1.68. The summed E-state index contributed by atoms with van der Waals surface area (Å²) in [6.45, 7) is 7.09. The normalized spacial score (nSPS) is 22.5. The highest BCUT2D eigenvalue weighted by atomic mass is 28.4. The third-order valence-corrected chi connectivity index (χ3v) is 8.73. The molecular formula is C20H35NOSi. The average molecular weight is 334 g/mol. The van der Waals surface area contributed by atoms with Gasteiger partial charge in [-0.2, -0.15) is 0 Å². The second-order valence-corrected chi connectivity index (χ2v) is 11.8. The molecule has 23 heavy (non-hydrogen) atoms. The van der Waals surface area contributed by atoms with Gasteiger partial charge in [0.25, 0.3) is 0 Å². The van der Waals surface area contributed by atoms with Crippen molar-refractivity contribution in [3.63, 3.8) is 0 Å². The SMILES string of the molecule is CO[Si](C)(C)C1CCCCCCCCCN1Cc1ccccc1. The Kier molecular flexibility index (Phi) is 7.81. The van der Waals surface area contributed by atoms with E-state index < -0.39 is 8.32 Å². The molecule has 0 amide bonds. The molecule has 1 aromatic rings. The maximum atomic E-state index is 6.04. The summed E-state index contributed by atoms with van der Waals surface area (Å²) < 4.78 is 6.04. The molecule has 0 radical (unpaired) electrons. The summed E-state index contributed by atoms with van der Waals surface area (Å²) >= 11 is 0. The molecule has 1 unspecified atom stereocenters. The Bertz CT molecular complexity index is 435. The van der Waals surface area contributed by atoms with Gasteiger partial charge in [0.05, 0.1) is 0 Å². The molecule has 0 aliphatic carbocycles. The first-order valence-corrected chi connectivity index (χ1v) is 12.4. The van der Waals surface area contributed by atoms with Gasteiger partial charge in [0.2, 0.25) is 8.32 Å². The van der Waals surface area contributed by atoms with Gasteiger partial charge >= 0.3 is 0 Å². The van der Waals surface area contributed by atoms with Crippen molar-refractivity contribution in [2.24, 2.45) is 0 Å². The van der Waals surface area contributed by atoms with E-state index in [0.717, 1.165) is 6.54 Å². The Morgan fingerprint density at radius 3 is 2.22 bits per heavy atom. The van der Waals surface area contributed by atoms with Crippen molar-refractivity contribution < 1.29 is 4.43 Å². The number of hydrogen-bond donors (Lipinski definition) is 0. The minimum Gasteiger partial charge on any atom is -0.419 e. The summed E-state index contributed by atoms with van der Waals surface area (Å²) in [4.78, 5) is 2.75. The fraction of sp³-hybridized carbons (Fsp3) is 0.700. The molecule has 1 aromatic carbocycles. The van der Waals surface area contributed by atoms with Gasteiger partial charge in [0, 0.05) is 19.3 Å². The molecular weight excluding hydrogens is 298 g/mol. The first kappa shape index (κ1) is 18.7. The number of rotatable bonds is 4. The van der Waals surface area contributed by atoms with Gasteiger partial charge in [-0.3, -0.25) is 4.90 Å². The van der Waals surface area contributed by atoms with Crippen LogP contribution in [0.2, 0.25) is 13.1 Å². The molecule has 0 N–H and O–H groups in total. The van der Waals surface area contributed by atoms with Crippen molar-refractivity contribution in [2.45, 2.75) is 76.7 Å². The quantitative estimate of drug-likeness (QED) is 0.686. The summed E-state index contributed by atoms with van der Waals surface area (Å²) in [7, 11) is 0.251. The third-order valence-electron chi connectivity index (χ3n) is 5.42. The standard InChI is InChI=1S/C20H35NOSi/c1-22-23(2,3)20-16-12-7-5-4-6-8-13-17-21(20)18-19-14-10-9-11-15-19/h9-11,14-15,20H,4-8,12-13,16-18H2,1-3H3.